The van der Waals surface area contributed by atoms with Crippen LogP contribution in [0, 0.1) is 0 Å². The summed E-state index contributed by atoms with van der Waals surface area (Å²) < 4.78 is 1.86. The van der Waals surface area contributed by atoms with Crippen molar-refractivity contribution in [3.63, 3.8) is 0 Å². The van der Waals surface area contributed by atoms with E-state index in [0.717, 1.165) is 12.8 Å². The molecule has 1 rings (SSSR count). The van der Waals surface area contributed by atoms with Gasteiger partial charge in [0.2, 0.25) is 0 Å². The molecule has 0 saturated carbocycles. The Morgan fingerprint density at radius 2 is 1.77 bits per heavy atom. The van der Waals surface area contributed by atoms with Crippen molar-refractivity contribution in [1.29, 1.82) is 0 Å². The van der Waals surface area contributed by atoms with Crippen LogP contribution < -0.4 is 5.43 Å². The van der Waals surface area contributed by atoms with E-state index in [4.69, 9.17) is 0 Å². The Balaban J connectivity index is 2.41. The summed E-state index contributed by atoms with van der Waals surface area (Å²) in [6.07, 6.45) is 5.40. The molecule has 0 aliphatic heterocycles. The fourth-order valence-corrected chi connectivity index (χ4v) is 1.18. The molecule has 1 heterocycles. The van der Waals surface area contributed by atoms with Crippen LogP contribution in [0.5, 0.6) is 0 Å². The van der Waals surface area contributed by atoms with Crippen LogP contribution in [0.3, 0.4) is 0 Å². The van der Waals surface area contributed by atoms with Crippen molar-refractivity contribution in [3.8, 4) is 0 Å². The molecule has 0 fully saturated rings. The Morgan fingerprint density at radius 1 is 1.23 bits per heavy atom. The van der Waals surface area contributed by atoms with Crippen molar-refractivity contribution in [3.05, 3.63) is 24.5 Å². The second kappa shape index (κ2) is 4.33. The van der Waals surface area contributed by atoms with E-state index in [1.54, 1.807) is 0 Å². The zero-order chi connectivity index (χ0) is 9.73. The Bertz CT molecular complexity index is 227. The Labute approximate surface area is 79.4 Å². The van der Waals surface area contributed by atoms with Gasteiger partial charge >= 0.3 is 0 Å². The zero-order valence-electron chi connectivity index (χ0n) is 8.33. The second-order valence-corrected chi connectivity index (χ2v) is 3.36. The summed E-state index contributed by atoms with van der Waals surface area (Å²) in [5, 5.41) is 9.95. The molecule has 74 valence electrons. The van der Waals surface area contributed by atoms with E-state index in [0.29, 0.717) is 6.54 Å². The summed E-state index contributed by atoms with van der Waals surface area (Å²) in [6.45, 7) is 4.59. The first-order chi connectivity index (χ1) is 6.20. The van der Waals surface area contributed by atoms with Gasteiger partial charge in [-0.1, -0.05) is 13.8 Å². The van der Waals surface area contributed by atoms with Crippen molar-refractivity contribution < 1.29 is 5.11 Å². The van der Waals surface area contributed by atoms with Crippen LogP contribution in [0.25, 0.3) is 0 Å². The van der Waals surface area contributed by atoms with Crippen LogP contribution in [0.2, 0.25) is 0 Å². The van der Waals surface area contributed by atoms with Crippen LogP contribution in [0.1, 0.15) is 26.7 Å². The van der Waals surface area contributed by atoms with Gasteiger partial charge in [0.05, 0.1) is 12.1 Å². The lowest BCUT2D eigenvalue weighted by atomic mass is 9.98. The summed E-state index contributed by atoms with van der Waals surface area (Å²) in [6, 6.07) is 3.90. The molecule has 1 aromatic heterocycles. The highest BCUT2D eigenvalue weighted by Gasteiger charge is 2.21. The summed E-state index contributed by atoms with van der Waals surface area (Å²) in [5.41, 5.74) is 2.55. The quantitative estimate of drug-likeness (QED) is 0.725. The van der Waals surface area contributed by atoms with E-state index in [1.807, 2.05) is 43.0 Å². The normalized spacial score (nSPS) is 11.6. The second-order valence-electron chi connectivity index (χ2n) is 3.36. The molecular weight excluding hydrogens is 164 g/mol. The standard InChI is InChI=1S/C10H18N2O/c1-3-10(13,4-2)9-11-12-7-5-6-8-12/h5-8,11,13H,3-4,9H2,1-2H3. The van der Waals surface area contributed by atoms with Crippen LogP contribution in [0.4, 0.5) is 0 Å². The predicted octanol–water partition coefficient (Wildman–Crippen LogP) is 1.58. The highest BCUT2D eigenvalue weighted by molar-refractivity contribution is 4.95. The summed E-state index contributed by atoms with van der Waals surface area (Å²) in [7, 11) is 0. The topological polar surface area (TPSA) is 37.2 Å². The maximum absolute atomic E-state index is 9.95. The lowest BCUT2D eigenvalue weighted by Gasteiger charge is -2.26. The Kier molecular flexibility index (Phi) is 3.37. The highest BCUT2D eigenvalue weighted by Crippen LogP contribution is 2.13. The molecule has 3 heteroatoms. The van der Waals surface area contributed by atoms with Crippen molar-refractivity contribution in [2.45, 2.75) is 32.3 Å². The molecule has 0 aliphatic carbocycles. The molecule has 0 spiro atoms. The van der Waals surface area contributed by atoms with Crippen LogP contribution in [-0.2, 0) is 0 Å². The van der Waals surface area contributed by atoms with Gasteiger partial charge in [-0.2, -0.15) is 0 Å². The van der Waals surface area contributed by atoms with Gasteiger partial charge in [-0.25, -0.2) is 0 Å². The molecular formula is C10H18N2O. The molecule has 0 unspecified atom stereocenters. The number of hydrogen-bond donors (Lipinski definition) is 2. The van der Waals surface area contributed by atoms with Crippen LogP contribution >= 0.6 is 0 Å². The first-order valence-corrected chi connectivity index (χ1v) is 4.79. The third kappa shape index (κ3) is 2.77. The number of rotatable bonds is 5. The van der Waals surface area contributed by atoms with E-state index in [-0.39, 0.29) is 0 Å². The highest BCUT2D eigenvalue weighted by atomic mass is 16.3. The average Bonchev–Trinajstić information content (AvgIpc) is 2.67. The van der Waals surface area contributed by atoms with Gasteiger partial charge in [0.25, 0.3) is 0 Å². The molecule has 0 aromatic carbocycles. The molecule has 0 atom stereocenters. The molecule has 0 amide bonds. The summed E-state index contributed by atoms with van der Waals surface area (Å²) >= 11 is 0. The molecule has 3 nitrogen and oxygen atoms in total. The van der Waals surface area contributed by atoms with E-state index in [2.05, 4.69) is 5.43 Å². The van der Waals surface area contributed by atoms with E-state index < -0.39 is 5.60 Å². The van der Waals surface area contributed by atoms with Gasteiger partial charge in [0, 0.05) is 12.4 Å². The molecule has 0 bridgehead atoms. The van der Waals surface area contributed by atoms with Crippen molar-refractivity contribution >= 4 is 0 Å². The predicted molar refractivity (Wildman–Crippen MR) is 54.2 cm³/mol. The molecule has 0 saturated heterocycles. The average molecular weight is 182 g/mol. The third-order valence-electron chi connectivity index (χ3n) is 2.51. The molecule has 0 radical (unpaired) electrons. The Hall–Kier alpha value is -0.960. The van der Waals surface area contributed by atoms with Gasteiger partial charge in [-0.05, 0) is 25.0 Å². The van der Waals surface area contributed by atoms with Crippen molar-refractivity contribution in [2.75, 3.05) is 12.0 Å². The smallest absolute Gasteiger partial charge is 0.0830 e. The van der Waals surface area contributed by atoms with E-state index in [1.165, 1.54) is 0 Å². The largest absolute Gasteiger partial charge is 0.388 e. The maximum Gasteiger partial charge on any atom is 0.0830 e. The van der Waals surface area contributed by atoms with Gasteiger partial charge in [0.1, 0.15) is 0 Å². The SMILES string of the molecule is CCC(O)(CC)CNn1cccc1. The van der Waals surface area contributed by atoms with E-state index in [9.17, 15) is 5.11 Å². The number of aliphatic hydroxyl groups is 1. The first kappa shape index (κ1) is 10.1. The minimum atomic E-state index is -0.579. The monoisotopic (exact) mass is 182 g/mol. The van der Waals surface area contributed by atoms with Gasteiger partial charge < -0.3 is 10.5 Å². The third-order valence-corrected chi connectivity index (χ3v) is 2.51. The lowest BCUT2D eigenvalue weighted by molar-refractivity contribution is 0.0432. The zero-order valence-corrected chi connectivity index (χ0v) is 8.33. The van der Waals surface area contributed by atoms with Gasteiger partial charge in [-0.3, -0.25) is 4.68 Å². The number of nitrogens with zero attached hydrogens (tertiary/aromatic N) is 1. The minimum Gasteiger partial charge on any atom is -0.388 e. The molecule has 0 aliphatic rings. The lowest BCUT2D eigenvalue weighted by Crippen LogP contribution is -2.38. The molecule has 13 heavy (non-hydrogen) atoms. The van der Waals surface area contributed by atoms with E-state index >= 15 is 0 Å². The Morgan fingerprint density at radius 3 is 2.23 bits per heavy atom. The fraction of sp³-hybridized carbons (Fsp3) is 0.600. The maximum atomic E-state index is 9.95. The minimum absolute atomic E-state index is 0.579. The fourth-order valence-electron chi connectivity index (χ4n) is 1.18. The summed E-state index contributed by atoms with van der Waals surface area (Å²) in [4.78, 5) is 0. The van der Waals surface area contributed by atoms with Gasteiger partial charge in [0.15, 0.2) is 0 Å². The number of hydrogen-bond acceptors (Lipinski definition) is 2. The first-order valence-electron chi connectivity index (χ1n) is 4.79. The molecule has 2 N–H and O–H groups in total. The number of aromatic nitrogens is 1. The van der Waals surface area contributed by atoms with Crippen molar-refractivity contribution in [2.24, 2.45) is 0 Å². The van der Waals surface area contributed by atoms with Crippen LogP contribution in [-0.4, -0.2) is 21.9 Å². The van der Waals surface area contributed by atoms with Crippen molar-refractivity contribution in [1.82, 2.24) is 4.68 Å². The summed E-state index contributed by atoms with van der Waals surface area (Å²) in [5.74, 6) is 0. The van der Waals surface area contributed by atoms with Gasteiger partial charge in [-0.15, -0.1) is 0 Å². The van der Waals surface area contributed by atoms with Crippen LogP contribution in [0.15, 0.2) is 24.5 Å². The molecule has 1 aromatic rings. The number of nitrogens with one attached hydrogen (secondary N) is 1.